The van der Waals surface area contributed by atoms with E-state index in [1.807, 2.05) is 55.5 Å². The topological polar surface area (TPSA) is 92.3 Å². The first kappa shape index (κ1) is 25.0. The van der Waals surface area contributed by atoms with Crippen molar-refractivity contribution < 1.29 is 33.3 Å². The van der Waals surface area contributed by atoms with E-state index in [1.165, 1.54) is 0 Å². The highest BCUT2D eigenvalue weighted by Crippen LogP contribution is 2.42. The van der Waals surface area contributed by atoms with Gasteiger partial charge >= 0.3 is 12.1 Å². The van der Waals surface area contributed by atoms with Crippen LogP contribution in [0.25, 0.3) is 21.5 Å². The molecule has 0 aliphatic heterocycles. The summed E-state index contributed by atoms with van der Waals surface area (Å²) in [5.74, 6) is 0.776. The molecule has 1 amide bonds. The summed E-state index contributed by atoms with van der Waals surface area (Å²) >= 11 is 0. The first-order chi connectivity index (χ1) is 16.7. The van der Waals surface area contributed by atoms with Gasteiger partial charge < -0.3 is 29.0 Å². The van der Waals surface area contributed by atoms with Crippen LogP contribution in [0.5, 0.6) is 11.5 Å². The van der Waals surface area contributed by atoms with Crippen molar-refractivity contribution in [3.8, 4) is 11.5 Å². The summed E-state index contributed by atoms with van der Waals surface area (Å²) < 4.78 is 27.2. The summed E-state index contributed by atoms with van der Waals surface area (Å²) in [6.07, 6.45) is 0.533. The van der Waals surface area contributed by atoms with Crippen molar-refractivity contribution in [3.05, 3.63) is 61.2 Å². The van der Waals surface area contributed by atoms with E-state index < -0.39 is 12.1 Å². The van der Waals surface area contributed by atoms with E-state index in [2.05, 4.69) is 11.9 Å². The summed E-state index contributed by atoms with van der Waals surface area (Å²) in [5.41, 5.74) is 0. The Morgan fingerprint density at radius 1 is 0.824 bits per heavy atom. The highest BCUT2D eigenvalue weighted by atomic mass is 16.6. The zero-order valence-corrected chi connectivity index (χ0v) is 19.2. The first-order valence-electron chi connectivity index (χ1n) is 11.1. The number of carbonyl (C=O) groups excluding carboxylic acids is 2. The standard InChI is InChI=1S/C26H29NO7/c1-3-23(28)33-18-17-31-16-15-30-14-13-27-26(29)34-25-21-11-7-5-9-19(21)24(32-4-2)20-10-6-8-12-22(20)25/h3,5-12H,1,4,13-18H2,2H3,(H,27,29). The molecule has 8 nitrogen and oxygen atoms in total. The van der Waals surface area contributed by atoms with Gasteiger partial charge in [-0.25, -0.2) is 9.59 Å². The Morgan fingerprint density at radius 3 is 1.91 bits per heavy atom. The summed E-state index contributed by atoms with van der Waals surface area (Å²) in [6, 6.07) is 15.4. The van der Waals surface area contributed by atoms with Gasteiger partial charge in [0.25, 0.3) is 0 Å². The number of hydrogen-bond acceptors (Lipinski definition) is 7. The van der Waals surface area contributed by atoms with Gasteiger partial charge in [-0.1, -0.05) is 55.1 Å². The van der Waals surface area contributed by atoms with E-state index in [9.17, 15) is 9.59 Å². The Kier molecular flexibility index (Phi) is 9.69. The van der Waals surface area contributed by atoms with E-state index >= 15 is 0 Å². The number of esters is 1. The van der Waals surface area contributed by atoms with Crippen molar-refractivity contribution in [1.29, 1.82) is 0 Å². The molecular weight excluding hydrogens is 438 g/mol. The van der Waals surface area contributed by atoms with Crippen LogP contribution >= 0.6 is 0 Å². The number of amides is 1. The lowest BCUT2D eigenvalue weighted by Gasteiger charge is -2.16. The third-order valence-corrected chi connectivity index (χ3v) is 4.84. The molecule has 1 N–H and O–H groups in total. The van der Waals surface area contributed by atoms with Crippen LogP contribution in [-0.4, -0.2) is 58.2 Å². The fourth-order valence-electron chi connectivity index (χ4n) is 3.39. The maximum Gasteiger partial charge on any atom is 0.412 e. The minimum Gasteiger partial charge on any atom is -0.493 e. The van der Waals surface area contributed by atoms with Gasteiger partial charge in [-0.3, -0.25) is 0 Å². The molecule has 0 aliphatic rings. The fraction of sp³-hybridized carbons (Fsp3) is 0.308. The summed E-state index contributed by atoms with van der Waals surface area (Å²) in [4.78, 5) is 23.4. The highest BCUT2D eigenvalue weighted by Gasteiger charge is 2.17. The lowest BCUT2D eigenvalue weighted by molar-refractivity contribution is -0.139. The van der Waals surface area contributed by atoms with E-state index in [0.717, 1.165) is 33.4 Å². The van der Waals surface area contributed by atoms with Gasteiger partial charge in [0.05, 0.1) is 33.0 Å². The van der Waals surface area contributed by atoms with Crippen molar-refractivity contribution in [2.45, 2.75) is 6.92 Å². The number of benzene rings is 3. The minimum atomic E-state index is -0.566. The van der Waals surface area contributed by atoms with Crippen LogP contribution in [0.3, 0.4) is 0 Å². The number of nitrogens with one attached hydrogen (secondary N) is 1. The Hall–Kier alpha value is -3.62. The van der Waals surface area contributed by atoms with Crippen molar-refractivity contribution in [1.82, 2.24) is 5.32 Å². The molecule has 3 aromatic carbocycles. The van der Waals surface area contributed by atoms with Crippen LogP contribution in [0.1, 0.15) is 6.92 Å². The van der Waals surface area contributed by atoms with Crippen molar-refractivity contribution in [2.75, 3.05) is 46.2 Å². The van der Waals surface area contributed by atoms with Crippen LogP contribution in [0.4, 0.5) is 4.79 Å². The summed E-state index contributed by atoms with van der Waals surface area (Å²) in [6.45, 7) is 7.49. The highest BCUT2D eigenvalue weighted by molar-refractivity contribution is 6.11. The molecule has 0 heterocycles. The first-order valence-corrected chi connectivity index (χ1v) is 11.1. The van der Waals surface area contributed by atoms with Crippen LogP contribution in [-0.2, 0) is 19.0 Å². The molecular formula is C26H29NO7. The second-order valence-electron chi connectivity index (χ2n) is 7.10. The van der Waals surface area contributed by atoms with E-state index in [1.54, 1.807) is 0 Å². The molecule has 0 radical (unpaired) electrons. The van der Waals surface area contributed by atoms with Gasteiger partial charge in [-0.2, -0.15) is 0 Å². The van der Waals surface area contributed by atoms with Gasteiger partial charge in [-0.15, -0.1) is 0 Å². The molecule has 0 spiro atoms. The van der Waals surface area contributed by atoms with Gasteiger partial charge in [-0.05, 0) is 6.92 Å². The molecule has 0 saturated heterocycles. The second-order valence-corrected chi connectivity index (χ2v) is 7.10. The summed E-state index contributed by atoms with van der Waals surface area (Å²) in [7, 11) is 0. The molecule has 3 aromatic rings. The average Bonchev–Trinajstić information content (AvgIpc) is 2.86. The second kappa shape index (κ2) is 13.2. The van der Waals surface area contributed by atoms with Crippen LogP contribution < -0.4 is 14.8 Å². The minimum absolute atomic E-state index is 0.160. The van der Waals surface area contributed by atoms with Gasteiger partial charge in [0.15, 0.2) is 0 Å². The summed E-state index contributed by atoms with van der Waals surface area (Å²) in [5, 5.41) is 6.07. The average molecular weight is 468 g/mol. The monoisotopic (exact) mass is 467 g/mol. The molecule has 0 saturated carbocycles. The third kappa shape index (κ3) is 6.69. The molecule has 34 heavy (non-hydrogen) atoms. The zero-order chi connectivity index (χ0) is 24.2. The van der Waals surface area contributed by atoms with Crippen LogP contribution in [0.2, 0.25) is 0 Å². The Balaban J connectivity index is 1.51. The maximum atomic E-state index is 12.5. The molecule has 0 aromatic heterocycles. The predicted molar refractivity (Wildman–Crippen MR) is 129 cm³/mol. The molecule has 0 bridgehead atoms. The molecule has 3 rings (SSSR count). The maximum absolute atomic E-state index is 12.5. The number of hydrogen-bond donors (Lipinski definition) is 1. The molecule has 0 unspecified atom stereocenters. The largest absolute Gasteiger partial charge is 0.493 e. The van der Waals surface area contributed by atoms with E-state index in [4.69, 9.17) is 23.7 Å². The molecule has 0 atom stereocenters. The van der Waals surface area contributed by atoms with E-state index in [0.29, 0.717) is 32.2 Å². The lowest BCUT2D eigenvalue weighted by Crippen LogP contribution is -2.30. The number of ether oxygens (including phenoxy) is 5. The van der Waals surface area contributed by atoms with Crippen LogP contribution in [0, 0.1) is 0 Å². The Bertz CT molecular complexity index is 1070. The number of rotatable bonds is 13. The quantitative estimate of drug-likeness (QED) is 0.174. The predicted octanol–water partition coefficient (Wildman–Crippen LogP) is 4.24. The lowest BCUT2D eigenvalue weighted by atomic mass is 10.0. The smallest absolute Gasteiger partial charge is 0.412 e. The normalized spacial score (nSPS) is 10.7. The Morgan fingerprint density at radius 2 is 1.35 bits per heavy atom. The van der Waals surface area contributed by atoms with Gasteiger partial charge in [0.1, 0.15) is 18.1 Å². The molecule has 180 valence electrons. The van der Waals surface area contributed by atoms with Gasteiger partial charge in [0, 0.05) is 34.2 Å². The van der Waals surface area contributed by atoms with E-state index in [-0.39, 0.29) is 19.8 Å². The Labute approximate surface area is 198 Å². The van der Waals surface area contributed by atoms with Gasteiger partial charge in [0.2, 0.25) is 0 Å². The fourth-order valence-corrected chi connectivity index (χ4v) is 3.39. The SMILES string of the molecule is C=CC(=O)OCCOCCOCCNC(=O)Oc1c2ccccc2c(OCC)c2ccccc12. The molecule has 0 fully saturated rings. The number of fused-ring (bicyclic) bond motifs is 2. The van der Waals surface area contributed by atoms with Crippen molar-refractivity contribution in [3.63, 3.8) is 0 Å². The zero-order valence-electron chi connectivity index (χ0n) is 19.2. The van der Waals surface area contributed by atoms with Crippen molar-refractivity contribution >= 4 is 33.6 Å². The number of carbonyl (C=O) groups is 2. The van der Waals surface area contributed by atoms with Crippen LogP contribution in [0.15, 0.2) is 61.2 Å². The molecule has 0 aliphatic carbocycles. The third-order valence-electron chi connectivity index (χ3n) is 4.84. The molecule has 8 heteroatoms. The van der Waals surface area contributed by atoms with Crippen molar-refractivity contribution in [2.24, 2.45) is 0 Å².